The summed E-state index contributed by atoms with van der Waals surface area (Å²) in [7, 11) is -3.33. The zero-order valence-electron chi connectivity index (χ0n) is 7.69. The highest BCUT2D eigenvalue weighted by molar-refractivity contribution is 7.80. The first kappa shape index (κ1) is 19.3. The van der Waals surface area contributed by atoms with Crippen molar-refractivity contribution >= 4 is 20.8 Å². The molecule has 0 saturated heterocycles. The van der Waals surface area contributed by atoms with Crippen molar-refractivity contribution < 1.29 is 35.0 Å². The fourth-order valence-electron chi connectivity index (χ4n) is 0. The average Bonchev–Trinajstić information content (AvgIpc) is 1.45. The van der Waals surface area contributed by atoms with Crippen molar-refractivity contribution in [3.63, 3.8) is 0 Å². The highest BCUT2D eigenvalue weighted by Gasteiger charge is 1.85. The molecule has 0 aromatic heterocycles. The van der Waals surface area contributed by atoms with Crippen molar-refractivity contribution in [2.24, 2.45) is 0 Å². The van der Waals surface area contributed by atoms with Gasteiger partial charge in [0.15, 0.2) is 0 Å². The van der Waals surface area contributed by atoms with Gasteiger partial charge in [0.2, 0.25) is 0 Å². The summed E-state index contributed by atoms with van der Waals surface area (Å²) >= 11 is 0. The normalized spacial score (nSPS) is 10.9. The van der Waals surface area contributed by atoms with Gasteiger partial charge in [0.25, 0.3) is 0 Å². The largest absolute Gasteiger partial charge is 0.394 e. The molecule has 0 aliphatic carbocycles. The fraction of sp³-hybridized carbons (Fsp3) is 1.00. The molecule has 0 rings (SSSR count). The summed E-state index contributed by atoms with van der Waals surface area (Å²) < 4.78 is 63.2. The van der Waals surface area contributed by atoms with Crippen LogP contribution in [0.25, 0.3) is 0 Å². The molecule has 0 spiro atoms. The Morgan fingerprint density at radius 3 is 0.714 bits per heavy atom. The molecular weight excluding hydrogens is 242 g/mol. The molecule has 0 amide bonds. The Kier molecular flexibility index (Phi) is 11.1. The molecular formula is C3H13NO8S2. The van der Waals surface area contributed by atoms with Crippen LogP contribution in [0.3, 0.4) is 0 Å². The lowest BCUT2D eigenvalue weighted by Gasteiger charge is -1.90. The highest BCUT2D eigenvalue weighted by atomic mass is 32.3. The maximum atomic E-state index is 8.74. The second kappa shape index (κ2) is 8.05. The van der Waals surface area contributed by atoms with Crippen LogP contribution in [0.4, 0.5) is 0 Å². The van der Waals surface area contributed by atoms with Gasteiger partial charge in [-0.1, -0.05) is 0 Å². The molecule has 0 heterocycles. The van der Waals surface area contributed by atoms with Gasteiger partial charge in [-0.25, -0.2) is 0 Å². The predicted molar refractivity (Wildman–Crippen MR) is 48.0 cm³/mol. The fourth-order valence-corrected chi connectivity index (χ4v) is 0. The van der Waals surface area contributed by atoms with Gasteiger partial charge >= 0.3 is 20.8 Å². The first-order chi connectivity index (χ1) is 5.73. The van der Waals surface area contributed by atoms with Crippen LogP contribution >= 0.6 is 0 Å². The van der Waals surface area contributed by atoms with E-state index in [0.29, 0.717) is 0 Å². The third-order valence-electron chi connectivity index (χ3n) is 0. The Labute approximate surface area is 82.5 Å². The molecule has 0 atom stereocenters. The second-order valence-electron chi connectivity index (χ2n) is 2.24. The zero-order chi connectivity index (χ0) is 12.6. The maximum Gasteiger partial charge on any atom is 0.394 e. The van der Waals surface area contributed by atoms with Crippen LogP contribution < -0.4 is 0 Å². The van der Waals surface area contributed by atoms with Crippen LogP contribution in [-0.4, -0.2) is 61.1 Å². The first-order valence-corrected chi connectivity index (χ1v) is 5.53. The molecule has 14 heavy (non-hydrogen) atoms. The molecule has 9 nitrogen and oxygen atoms in total. The van der Waals surface area contributed by atoms with Gasteiger partial charge in [-0.2, -0.15) is 16.8 Å². The van der Waals surface area contributed by atoms with Crippen molar-refractivity contribution in [1.82, 2.24) is 4.90 Å². The lowest BCUT2D eigenvalue weighted by Crippen LogP contribution is -1.99. The van der Waals surface area contributed by atoms with Gasteiger partial charge in [-0.15, -0.1) is 0 Å². The van der Waals surface area contributed by atoms with Crippen molar-refractivity contribution in [1.29, 1.82) is 0 Å². The molecule has 0 aromatic rings. The van der Waals surface area contributed by atoms with Crippen LogP contribution in [0.5, 0.6) is 0 Å². The molecule has 0 saturated carbocycles. The average molecular weight is 255 g/mol. The molecule has 0 aromatic carbocycles. The summed E-state index contributed by atoms with van der Waals surface area (Å²) in [6, 6.07) is 0. The van der Waals surface area contributed by atoms with E-state index in [-0.39, 0.29) is 0 Å². The summed E-state index contributed by atoms with van der Waals surface area (Å²) in [5, 5.41) is 0. The van der Waals surface area contributed by atoms with E-state index >= 15 is 0 Å². The van der Waals surface area contributed by atoms with Crippen molar-refractivity contribution in [3.05, 3.63) is 0 Å². The molecule has 0 fully saturated rings. The van der Waals surface area contributed by atoms with E-state index < -0.39 is 20.8 Å². The molecule has 4 N–H and O–H groups in total. The standard InChI is InChI=1S/C3H9N.2H2O4S/c1-4(2)3;2*1-5(2,3)4/h1-3H3;2*(H2,1,2,3,4). The van der Waals surface area contributed by atoms with Crippen LogP contribution in [-0.2, 0) is 20.8 Å². The van der Waals surface area contributed by atoms with Gasteiger partial charge in [-0.3, -0.25) is 18.2 Å². The zero-order valence-corrected chi connectivity index (χ0v) is 9.32. The Morgan fingerprint density at radius 1 is 0.714 bits per heavy atom. The van der Waals surface area contributed by atoms with E-state index in [9.17, 15) is 0 Å². The van der Waals surface area contributed by atoms with Gasteiger partial charge < -0.3 is 4.90 Å². The Morgan fingerprint density at radius 2 is 0.714 bits per heavy atom. The molecule has 0 unspecified atom stereocenters. The molecule has 0 bridgehead atoms. The molecule has 90 valence electrons. The smallest absolute Gasteiger partial charge is 0.312 e. The van der Waals surface area contributed by atoms with Crippen molar-refractivity contribution in [3.8, 4) is 0 Å². The van der Waals surface area contributed by atoms with Crippen LogP contribution in [0.2, 0.25) is 0 Å². The van der Waals surface area contributed by atoms with E-state index in [1.54, 1.807) is 0 Å². The summed E-state index contributed by atoms with van der Waals surface area (Å²) in [5.41, 5.74) is 0. The number of hydrogen-bond donors (Lipinski definition) is 4. The van der Waals surface area contributed by atoms with Crippen molar-refractivity contribution in [2.45, 2.75) is 0 Å². The van der Waals surface area contributed by atoms with Gasteiger partial charge in [0.05, 0.1) is 0 Å². The monoisotopic (exact) mass is 255 g/mol. The van der Waals surface area contributed by atoms with Gasteiger partial charge in [0.1, 0.15) is 0 Å². The van der Waals surface area contributed by atoms with Crippen molar-refractivity contribution in [2.75, 3.05) is 21.1 Å². The minimum absolute atomic E-state index is 2.00. The number of nitrogens with zero attached hydrogens (tertiary/aromatic N) is 1. The van der Waals surface area contributed by atoms with Crippen LogP contribution in [0.15, 0.2) is 0 Å². The van der Waals surface area contributed by atoms with Crippen LogP contribution in [0.1, 0.15) is 0 Å². The maximum absolute atomic E-state index is 8.74. The van der Waals surface area contributed by atoms with E-state index in [2.05, 4.69) is 0 Å². The molecule has 0 aliphatic heterocycles. The summed E-state index contributed by atoms with van der Waals surface area (Å²) in [6.07, 6.45) is 0. The van der Waals surface area contributed by atoms with Gasteiger partial charge in [-0.05, 0) is 21.1 Å². The Hall–Kier alpha value is -0.300. The topological polar surface area (TPSA) is 152 Å². The van der Waals surface area contributed by atoms with Crippen LogP contribution in [0, 0.1) is 0 Å². The Bertz CT molecular complexity index is 253. The number of rotatable bonds is 0. The quantitative estimate of drug-likeness (QED) is 0.394. The third kappa shape index (κ3) is 14900. The lowest BCUT2D eigenvalue weighted by molar-refractivity contribution is 0.378. The highest BCUT2D eigenvalue weighted by Crippen LogP contribution is 1.59. The van der Waals surface area contributed by atoms with E-state index in [4.69, 9.17) is 35.0 Å². The van der Waals surface area contributed by atoms with E-state index in [1.165, 1.54) is 0 Å². The van der Waals surface area contributed by atoms with E-state index in [0.717, 1.165) is 0 Å². The summed E-state index contributed by atoms with van der Waals surface area (Å²) in [5.74, 6) is 0. The van der Waals surface area contributed by atoms with Gasteiger partial charge in [0, 0.05) is 0 Å². The molecule has 11 heteroatoms. The minimum atomic E-state index is -4.67. The first-order valence-electron chi connectivity index (χ1n) is 2.74. The third-order valence-corrected chi connectivity index (χ3v) is 0. The second-order valence-corrected chi connectivity index (χ2v) is 4.03. The summed E-state index contributed by atoms with van der Waals surface area (Å²) in [6.45, 7) is 0. The lowest BCUT2D eigenvalue weighted by atomic mass is 11.0. The molecule has 0 radical (unpaired) electrons. The predicted octanol–water partition coefficient (Wildman–Crippen LogP) is -1.13. The Balaban J connectivity index is -0.000000131. The number of hydrogen-bond acceptors (Lipinski definition) is 5. The summed E-state index contributed by atoms with van der Waals surface area (Å²) in [4.78, 5) is 2.00. The van der Waals surface area contributed by atoms with E-state index in [1.807, 2.05) is 26.0 Å². The molecule has 0 aliphatic rings. The SMILES string of the molecule is CN(C)C.O=S(=O)(O)O.O=S(=O)(O)O. The minimum Gasteiger partial charge on any atom is -0.312 e.